The number of fused-ring (bicyclic) bond motifs is 3. The summed E-state index contributed by atoms with van der Waals surface area (Å²) < 4.78 is 5.33. The third-order valence-electron chi connectivity index (χ3n) is 7.92. The molecule has 196 valence electrons. The quantitative estimate of drug-likeness (QED) is 0.196. The minimum Gasteiger partial charge on any atom is -0.467 e. The van der Waals surface area contributed by atoms with Gasteiger partial charge in [-0.05, 0) is 38.9 Å². The summed E-state index contributed by atoms with van der Waals surface area (Å²) in [5, 5.41) is 3.21. The predicted molar refractivity (Wildman–Crippen MR) is 157 cm³/mol. The van der Waals surface area contributed by atoms with Gasteiger partial charge >= 0.3 is 5.97 Å². The molecule has 6 rings (SSSR count). The number of hydrogen-bond acceptors (Lipinski definition) is 3. The molecule has 0 radical (unpaired) electrons. The summed E-state index contributed by atoms with van der Waals surface area (Å²) in [6.45, 7) is 0. The lowest BCUT2D eigenvalue weighted by molar-refractivity contribution is -0.145. The Hall–Kier alpha value is -4.96. The zero-order valence-corrected chi connectivity index (χ0v) is 22.2. The maximum Gasteiger partial charge on any atom is 0.329 e. The van der Waals surface area contributed by atoms with Gasteiger partial charge in [-0.25, -0.2) is 4.79 Å². The van der Waals surface area contributed by atoms with Crippen LogP contribution in [0.3, 0.4) is 0 Å². The van der Waals surface area contributed by atoms with Gasteiger partial charge in [0.25, 0.3) is 0 Å². The fourth-order valence-corrected chi connectivity index (χ4v) is 6.17. The number of benzene rings is 5. The first-order valence-electron chi connectivity index (χ1n) is 13.4. The van der Waals surface area contributed by atoms with Gasteiger partial charge in [0.15, 0.2) is 0 Å². The third-order valence-corrected chi connectivity index (χ3v) is 7.92. The van der Waals surface area contributed by atoms with Crippen LogP contribution in [0, 0.1) is 0 Å². The van der Waals surface area contributed by atoms with Gasteiger partial charge in [-0.2, -0.15) is 0 Å². The van der Waals surface area contributed by atoms with Crippen LogP contribution in [0.5, 0.6) is 0 Å². The summed E-state index contributed by atoms with van der Waals surface area (Å²) in [4.78, 5) is 28.5. The van der Waals surface area contributed by atoms with E-state index >= 15 is 0 Å². The molecule has 1 aliphatic carbocycles. The number of hydrogen-bond donors (Lipinski definition) is 1. The van der Waals surface area contributed by atoms with Crippen molar-refractivity contribution >= 4 is 11.9 Å². The highest BCUT2D eigenvalue weighted by Gasteiger charge is 2.47. The lowest BCUT2D eigenvalue weighted by Gasteiger charge is -2.36. The molecule has 1 amide bonds. The molecule has 1 aliphatic rings. The predicted octanol–water partition coefficient (Wildman–Crippen LogP) is 6.49. The topological polar surface area (TPSA) is 55.4 Å². The average molecular weight is 524 g/mol. The van der Waals surface area contributed by atoms with Crippen molar-refractivity contribution < 1.29 is 14.3 Å². The number of amides is 1. The Morgan fingerprint density at radius 2 is 0.975 bits per heavy atom. The molecule has 0 aromatic heterocycles. The minimum atomic E-state index is -1.21. The van der Waals surface area contributed by atoms with Crippen molar-refractivity contribution in [3.8, 4) is 11.1 Å². The zero-order valence-electron chi connectivity index (χ0n) is 22.2. The monoisotopic (exact) mass is 523 g/mol. The van der Waals surface area contributed by atoms with Gasteiger partial charge in [-0.1, -0.05) is 140 Å². The van der Waals surface area contributed by atoms with Crippen molar-refractivity contribution in [3.63, 3.8) is 0 Å². The number of carbonyl (C=O) groups excluding carboxylic acids is 2. The van der Waals surface area contributed by atoms with Gasteiger partial charge in [0.2, 0.25) is 5.91 Å². The maximum atomic E-state index is 15.0. The molecule has 0 saturated carbocycles. The largest absolute Gasteiger partial charge is 0.467 e. The molecule has 5 aromatic carbocycles. The van der Waals surface area contributed by atoms with Crippen molar-refractivity contribution in [1.29, 1.82) is 0 Å². The average Bonchev–Trinajstić information content (AvgIpc) is 3.36. The van der Waals surface area contributed by atoms with Crippen molar-refractivity contribution in [1.82, 2.24) is 5.32 Å². The van der Waals surface area contributed by atoms with E-state index in [0.717, 1.165) is 38.9 Å². The van der Waals surface area contributed by atoms with Crippen LogP contribution in [0.1, 0.15) is 33.7 Å². The highest BCUT2D eigenvalue weighted by Crippen LogP contribution is 2.47. The molecule has 1 N–H and O–H groups in total. The lowest BCUT2D eigenvalue weighted by Crippen LogP contribution is -2.54. The Labute approximate surface area is 234 Å². The van der Waals surface area contributed by atoms with Crippen molar-refractivity contribution in [2.24, 2.45) is 0 Å². The number of esters is 1. The van der Waals surface area contributed by atoms with Crippen LogP contribution in [0.4, 0.5) is 0 Å². The summed E-state index contributed by atoms with van der Waals surface area (Å²) in [6.07, 6.45) is 0. The van der Waals surface area contributed by atoms with Crippen LogP contribution in [0.15, 0.2) is 140 Å². The second-order valence-electron chi connectivity index (χ2n) is 9.97. The van der Waals surface area contributed by atoms with Gasteiger partial charge in [-0.3, -0.25) is 4.79 Å². The first kappa shape index (κ1) is 25.3. The SMILES string of the molecule is COC(=O)[C@@H](NC(=O)C(c1ccccc1)(c1ccccc1)c1ccccc1)C1c2ccccc2-c2ccccc21. The van der Waals surface area contributed by atoms with Gasteiger partial charge in [0, 0.05) is 5.92 Å². The summed E-state index contributed by atoms with van der Waals surface area (Å²) in [5.74, 6) is -1.19. The van der Waals surface area contributed by atoms with Gasteiger partial charge in [-0.15, -0.1) is 0 Å². The molecule has 0 aliphatic heterocycles. The Balaban J connectivity index is 1.55. The second kappa shape index (κ2) is 10.7. The van der Waals surface area contributed by atoms with E-state index in [1.54, 1.807) is 0 Å². The molecule has 0 fully saturated rings. The molecular formula is C36H29NO3. The van der Waals surface area contributed by atoms with Crippen LogP contribution in [0.2, 0.25) is 0 Å². The molecule has 1 atom stereocenters. The Morgan fingerprint density at radius 3 is 1.38 bits per heavy atom. The number of ether oxygens (including phenoxy) is 1. The first-order chi connectivity index (χ1) is 19.7. The normalized spacial score (nSPS) is 13.1. The van der Waals surface area contributed by atoms with Crippen LogP contribution < -0.4 is 5.32 Å². The van der Waals surface area contributed by atoms with E-state index in [-0.39, 0.29) is 5.91 Å². The van der Waals surface area contributed by atoms with Crippen molar-refractivity contribution in [2.45, 2.75) is 17.4 Å². The second-order valence-corrected chi connectivity index (χ2v) is 9.97. The molecule has 0 heterocycles. The van der Waals surface area contributed by atoms with Crippen molar-refractivity contribution in [3.05, 3.63) is 167 Å². The molecular weight excluding hydrogens is 494 g/mol. The highest BCUT2D eigenvalue weighted by molar-refractivity contribution is 5.99. The van der Waals surface area contributed by atoms with Gasteiger partial charge < -0.3 is 10.1 Å². The molecule has 4 heteroatoms. The summed E-state index contributed by atoms with van der Waals surface area (Å²) in [5.41, 5.74) is 5.31. The minimum absolute atomic E-state index is 0.298. The van der Waals surface area contributed by atoms with E-state index < -0.39 is 23.3 Å². The molecule has 40 heavy (non-hydrogen) atoms. The highest BCUT2D eigenvalue weighted by atomic mass is 16.5. The first-order valence-corrected chi connectivity index (χ1v) is 13.4. The zero-order chi connectivity index (χ0) is 27.5. The van der Waals surface area contributed by atoms with Crippen LogP contribution >= 0.6 is 0 Å². The molecule has 0 spiro atoms. The molecule has 4 nitrogen and oxygen atoms in total. The van der Waals surface area contributed by atoms with Crippen LogP contribution in [-0.4, -0.2) is 25.0 Å². The van der Waals surface area contributed by atoms with E-state index in [9.17, 15) is 9.59 Å². The summed E-state index contributed by atoms with van der Waals surface area (Å²) >= 11 is 0. The number of rotatable bonds is 7. The molecule has 0 unspecified atom stereocenters. The number of carbonyl (C=O) groups is 2. The molecule has 0 saturated heterocycles. The molecule has 5 aromatic rings. The Kier molecular flexibility index (Phi) is 6.75. The number of methoxy groups -OCH3 is 1. The lowest BCUT2D eigenvalue weighted by atomic mass is 9.68. The van der Waals surface area contributed by atoms with Crippen LogP contribution in [0.25, 0.3) is 11.1 Å². The number of nitrogens with one attached hydrogen (secondary N) is 1. The Morgan fingerprint density at radius 1 is 0.600 bits per heavy atom. The third kappa shape index (κ3) is 4.09. The van der Waals surface area contributed by atoms with E-state index in [0.29, 0.717) is 0 Å². The van der Waals surface area contributed by atoms with E-state index in [1.807, 2.05) is 127 Å². The Bertz CT molecular complexity index is 1510. The molecule has 0 bridgehead atoms. The standard InChI is InChI=1S/C36H29NO3/c1-40-34(38)33(32-30-23-13-11-21-28(30)29-22-12-14-24-31(29)32)37-35(39)36(25-15-5-2-6-16-25,26-17-7-3-8-18-26)27-19-9-4-10-20-27/h2-24,32-33H,1H3,(H,37,39)/t33-/m0/s1. The van der Waals surface area contributed by atoms with Crippen molar-refractivity contribution in [2.75, 3.05) is 7.11 Å². The van der Waals surface area contributed by atoms with E-state index in [1.165, 1.54) is 7.11 Å². The van der Waals surface area contributed by atoms with E-state index in [4.69, 9.17) is 4.74 Å². The smallest absolute Gasteiger partial charge is 0.329 e. The van der Waals surface area contributed by atoms with Gasteiger partial charge in [0.1, 0.15) is 11.5 Å². The summed E-state index contributed by atoms with van der Waals surface area (Å²) in [6, 6.07) is 44.4. The fraction of sp³-hybridized carbons (Fsp3) is 0.111. The van der Waals surface area contributed by atoms with E-state index in [2.05, 4.69) is 17.4 Å². The summed E-state index contributed by atoms with van der Waals surface area (Å²) in [7, 11) is 1.37. The van der Waals surface area contributed by atoms with Crippen LogP contribution in [-0.2, 0) is 19.7 Å². The maximum absolute atomic E-state index is 15.0. The fourth-order valence-electron chi connectivity index (χ4n) is 6.17. The van der Waals surface area contributed by atoms with Gasteiger partial charge in [0.05, 0.1) is 7.11 Å².